The summed E-state index contributed by atoms with van der Waals surface area (Å²) in [5.41, 5.74) is 6.04. The summed E-state index contributed by atoms with van der Waals surface area (Å²) in [6, 6.07) is 0.832. The molecule has 3 unspecified atom stereocenters. The lowest BCUT2D eigenvalue weighted by Crippen LogP contribution is -2.44. The smallest absolute Gasteiger partial charge is 0.0503 e. The molecule has 0 saturated carbocycles. The fourth-order valence-electron chi connectivity index (χ4n) is 2.22. The van der Waals surface area contributed by atoms with Crippen LogP contribution in [0.1, 0.15) is 26.7 Å². The van der Waals surface area contributed by atoms with Crippen LogP contribution in [0.4, 0.5) is 0 Å². The maximum absolute atomic E-state index is 6.04. The average Bonchev–Trinajstić information content (AvgIpc) is 2.64. The minimum absolute atomic E-state index is 0.316. The lowest BCUT2D eigenvalue weighted by atomic mass is 10.1. The largest absolute Gasteiger partial charge is 0.384 e. The highest BCUT2D eigenvalue weighted by Crippen LogP contribution is 2.20. The zero-order valence-electron chi connectivity index (χ0n) is 9.70. The van der Waals surface area contributed by atoms with Crippen molar-refractivity contribution < 1.29 is 4.74 Å². The van der Waals surface area contributed by atoms with E-state index in [9.17, 15) is 0 Å². The Morgan fingerprint density at radius 2 is 2.29 bits per heavy atom. The van der Waals surface area contributed by atoms with Gasteiger partial charge in [0, 0.05) is 25.7 Å². The third-order valence-electron chi connectivity index (χ3n) is 3.39. The lowest BCUT2D eigenvalue weighted by Gasteiger charge is -2.28. The summed E-state index contributed by atoms with van der Waals surface area (Å²) in [5.74, 6) is 0.714. The third kappa shape index (κ3) is 2.94. The first-order chi connectivity index (χ1) is 6.69. The van der Waals surface area contributed by atoms with Crippen molar-refractivity contribution in [1.82, 2.24) is 4.90 Å². The summed E-state index contributed by atoms with van der Waals surface area (Å²) in [4.78, 5) is 2.50. The van der Waals surface area contributed by atoms with Crippen molar-refractivity contribution in [3.63, 3.8) is 0 Å². The van der Waals surface area contributed by atoms with E-state index in [1.54, 1.807) is 7.11 Å². The van der Waals surface area contributed by atoms with Crippen LogP contribution < -0.4 is 5.73 Å². The molecule has 1 rings (SSSR count). The van der Waals surface area contributed by atoms with E-state index in [0.29, 0.717) is 18.0 Å². The van der Waals surface area contributed by atoms with Gasteiger partial charge in [-0.3, -0.25) is 4.90 Å². The average molecular weight is 200 g/mol. The van der Waals surface area contributed by atoms with Crippen LogP contribution in [0.5, 0.6) is 0 Å². The van der Waals surface area contributed by atoms with Gasteiger partial charge in [0.15, 0.2) is 0 Å². The molecule has 3 atom stereocenters. The van der Waals surface area contributed by atoms with Crippen molar-refractivity contribution in [2.75, 3.05) is 26.8 Å². The summed E-state index contributed by atoms with van der Waals surface area (Å²) in [7, 11) is 1.78. The lowest BCUT2D eigenvalue weighted by molar-refractivity contribution is 0.145. The third-order valence-corrected chi connectivity index (χ3v) is 3.39. The molecule has 1 saturated heterocycles. The van der Waals surface area contributed by atoms with Gasteiger partial charge in [-0.05, 0) is 32.2 Å². The topological polar surface area (TPSA) is 38.5 Å². The van der Waals surface area contributed by atoms with Gasteiger partial charge >= 0.3 is 0 Å². The Labute approximate surface area is 87.6 Å². The fourth-order valence-corrected chi connectivity index (χ4v) is 2.22. The Kier molecular flexibility index (Phi) is 4.85. The molecule has 0 aromatic carbocycles. The van der Waals surface area contributed by atoms with E-state index in [4.69, 9.17) is 10.5 Å². The van der Waals surface area contributed by atoms with Crippen molar-refractivity contribution in [1.29, 1.82) is 0 Å². The summed E-state index contributed by atoms with van der Waals surface area (Å²) < 4.78 is 5.18. The molecule has 0 spiro atoms. The molecule has 1 aliphatic rings. The molecule has 0 amide bonds. The van der Waals surface area contributed by atoms with Crippen LogP contribution in [0.15, 0.2) is 0 Å². The van der Waals surface area contributed by atoms with Gasteiger partial charge in [0.25, 0.3) is 0 Å². The van der Waals surface area contributed by atoms with Crippen LogP contribution in [-0.4, -0.2) is 43.8 Å². The van der Waals surface area contributed by atoms with E-state index in [0.717, 1.165) is 19.6 Å². The predicted molar refractivity (Wildman–Crippen MR) is 59.3 cm³/mol. The molecule has 0 aliphatic carbocycles. The van der Waals surface area contributed by atoms with Crippen molar-refractivity contribution in [3.8, 4) is 0 Å². The monoisotopic (exact) mass is 200 g/mol. The van der Waals surface area contributed by atoms with Crippen LogP contribution in [-0.2, 0) is 4.74 Å². The molecule has 2 N–H and O–H groups in total. The second-order valence-electron chi connectivity index (χ2n) is 4.42. The van der Waals surface area contributed by atoms with Crippen molar-refractivity contribution >= 4 is 0 Å². The van der Waals surface area contributed by atoms with E-state index in [1.165, 1.54) is 13.0 Å². The van der Waals surface area contributed by atoms with E-state index in [-0.39, 0.29) is 0 Å². The Morgan fingerprint density at radius 1 is 1.57 bits per heavy atom. The van der Waals surface area contributed by atoms with E-state index >= 15 is 0 Å². The minimum atomic E-state index is 0.316. The van der Waals surface area contributed by atoms with Gasteiger partial charge in [-0.1, -0.05) is 6.92 Å². The van der Waals surface area contributed by atoms with Gasteiger partial charge in [0.2, 0.25) is 0 Å². The summed E-state index contributed by atoms with van der Waals surface area (Å²) in [6.45, 7) is 7.63. The molecule has 1 heterocycles. The molecule has 0 radical (unpaired) electrons. The maximum Gasteiger partial charge on any atom is 0.0503 e. The van der Waals surface area contributed by atoms with Crippen molar-refractivity contribution in [3.05, 3.63) is 0 Å². The SMILES string of the molecule is CCC(N)C(C)N1CCC(COC)C1. The zero-order valence-corrected chi connectivity index (χ0v) is 9.70. The molecular weight excluding hydrogens is 176 g/mol. The fraction of sp³-hybridized carbons (Fsp3) is 1.00. The molecular formula is C11H24N2O. The maximum atomic E-state index is 6.04. The van der Waals surface area contributed by atoms with E-state index in [1.807, 2.05) is 0 Å². The molecule has 84 valence electrons. The highest BCUT2D eigenvalue weighted by atomic mass is 16.5. The zero-order chi connectivity index (χ0) is 10.6. The van der Waals surface area contributed by atoms with E-state index in [2.05, 4.69) is 18.7 Å². The number of likely N-dealkylation sites (tertiary alicyclic amines) is 1. The van der Waals surface area contributed by atoms with Gasteiger partial charge in [-0.25, -0.2) is 0 Å². The highest BCUT2D eigenvalue weighted by Gasteiger charge is 2.27. The molecule has 0 aromatic rings. The molecule has 1 aliphatic heterocycles. The quantitative estimate of drug-likeness (QED) is 0.722. The van der Waals surface area contributed by atoms with E-state index < -0.39 is 0 Å². The number of nitrogens with zero attached hydrogens (tertiary/aromatic N) is 1. The first-order valence-corrected chi connectivity index (χ1v) is 5.67. The van der Waals surface area contributed by atoms with Gasteiger partial charge in [-0.2, -0.15) is 0 Å². The number of methoxy groups -OCH3 is 1. The summed E-state index contributed by atoms with van der Waals surface area (Å²) in [5, 5.41) is 0. The summed E-state index contributed by atoms with van der Waals surface area (Å²) in [6.07, 6.45) is 2.32. The van der Waals surface area contributed by atoms with Crippen molar-refractivity contribution in [2.45, 2.75) is 38.8 Å². The summed E-state index contributed by atoms with van der Waals surface area (Å²) >= 11 is 0. The highest BCUT2D eigenvalue weighted by molar-refractivity contribution is 4.84. The van der Waals surface area contributed by atoms with Gasteiger partial charge in [0.05, 0.1) is 6.61 Å². The standard InChI is InChI=1S/C11H24N2O/c1-4-11(12)9(2)13-6-5-10(7-13)8-14-3/h9-11H,4-8,12H2,1-3H3. The van der Waals surface area contributed by atoms with Crippen LogP contribution in [0.3, 0.4) is 0 Å². The number of rotatable bonds is 5. The first-order valence-electron chi connectivity index (χ1n) is 5.67. The number of nitrogens with two attached hydrogens (primary N) is 1. The first kappa shape index (κ1) is 12.0. The molecule has 3 heteroatoms. The Balaban J connectivity index is 2.33. The normalized spacial score (nSPS) is 27.9. The van der Waals surface area contributed by atoms with Crippen molar-refractivity contribution in [2.24, 2.45) is 11.7 Å². The minimum Gasteiger partial charge on any atom is -0.384 e. The van der Waals surface area contributed by atoms with Crippen LogP contribution >= 0.6 is 0 Å². The number of hydrogen-bond acceptors (Lipinski definition) is 3. The van der Waals surface area contributed by atoms with Gasteiger partial charge < -0.3 is 10.5 Å². The Bertz CT molecular complexity index is 163. The van der Waals surface area contributed by atoms with Gasteiger partial charge in [-0.15, -0.1) is 0 Å². The molecule has 1 fully saturated rings. The predicted octanol–water partition coefficient (Wildman–Crippen LogP) is 1.08. The molecule has 0 aromatic heterocycles. The number of hydrogen-bond donors (Lipinski definition) is 1. The Morgan fingerprint density at radius 3 is 2.86 bits per heavy atom. The molecule has 3 nitrogen and oxygen atoms in total. The molecule has 0 bridgehead atoms. The van der Waals surface area contributed by atoms with Crippen LogP contribution in [0.2, 0.25) is 0 Å². The Hall–Kier alpha value is -0.120. The number of ether oxygens (including phenoxy) is 1. The van der Waals surface area contributed by atoms with Crippen LogP contribution in [0.25, 0.3) is 0 Å². The molecule has 14 heavy (non-hydrogen) atoms. The van der Waals surface area contributed by atoms with Gasteiger partial charge in [0.1, 0.15) is 0 Å². The van der Waals surface area contributed by atoms with Crippen LogP contribution in [0, 0.1) is 5.92 Å². The second-order valence-corrected chi connectivity index (χ2v) is 4.42. The second kappa shape index (κ2) is 5.69.